The van der Waals surface area contributed by atoms with Crippen LogP contribution in [0.4, 0.5) is 17.1 Å². The Bertz CT molecular complexity index is 727. The summed E-state index contributed by atoms with van der Waals surface area (Å²) in [7, 11) is 0. The van der Waals surface area contributed by atoms with Gasteiger partial charge in [-0.25, -0.2) is 0 Å². The van der Waals surface area contributed by atoms with Crippen LogP contribution in [0.5, 0.6) is 0 Å². The van der Waals surface area contributed by atoms with Gasteiger partial charge in [0.1, 0.15) is 0 Å². The summed E-state index contributed by atoms with van der Waals surface area (Å²) in [5, 5.41) is 6.85. The van der Waals surface area contributed by atoms with E-state index in [-0.39, 0.29) is 5.91 Å². The molecule has 1 heterocycles. The second kappa shape index (κ2) is 6.79. The van der Waals surface area contributed by atoms with Crippen LogP contribution in [0.2, 0.25) is 0 Å². The largest absolute Gasteiger partial charge is 0.332 e. The maximum absolute atomic E-state index is 11.8. The molecule has 0 atom stereocenters. The van der Waals surface area contributed by atoms with Crippen molar-refractivity contribution >= 4 is 40.3 Å². The minimum absolute atomic E-state index is 0.183. The van der Waals surface area contributed by atoms with E-state index >= 15 is 0 Å². The summed E-state index contributed by atoms with van der Waals surface area (Å²) in [6.07, 6.45) is 1.55. The Morgan fingerprint density at radius 1 is 1.09 bits per heavy atom. The van der Waals surface area contributed by atoms with Crippen molar-refractivity contribution in [1.29, 1.82) is 0 Å². The molecule has 0 bridgehead atoms. The third-order valence-electron chi connectivity index (χ3n) is 3.80. The van der Waals surface area contributed by atoms with Gasteiger partial charge in [0.15, 0.2) is 5.11 Å². The average molecular weight is 325 g/mol. The minimum atomic E-state index is 0.183. The van der Waals surface area contributed by atoms with Gasteiger partial charge in [-0.2, -0.15) is 0 Å². The second-order valence-corrected chi connectivity index (χ2v) is 6.05. The summed E-state index contributed by atoms with van der Waals surface area (Å²) >= 11 is 5.35. The number of hydrogen-bond acceptors (Lipinski definition) is 2. The van der Waals surface area contributed by atoms with Gasteiger partial charge in [0.25, 0.3) is 0 Å². The van der Waals surface area contributed by atoms with E-state index in [1.165, 1.54) is 5.56 Å². The molecule has 0 spiro atoms. The lowest BCUT2D eigenvalue weighted by Gasteiger charge is -2.17. The van der Waals surface area contributed by atoms with E-state index in [1.807, 2.05) is 60.4 Å². The van der Waals surface area contributed by atoms with E-state index in [0.717, 1.165) is 30.0 Å². The van der Waals surface area contributed by atoms with Gasteiger partial charge >= 0.3 is 0 Å². The van der Waals surface area contributed by atoms with Gasteiger partial charge in [-0.1, -0.05) is 23.8 Å². The molecule has 4 nitrogen and oxygen atoms in total. The molecule has 1 amide bonds. The third kappa shape index (κ3) is 3.87. The van der Waals surface area contributed by atoms with Crippen molar-refractivity contribution in [2.24, 2.45) is 0 Å². The molecule has 1 fully saturated rings. The number of carbonyl (C=O) groups is 1. The summed E-state index contributed by atoms with van der Waals surface area (Å²) < 4.78 is 0. The number of nitrogens with one attached hydrogen (secondary N) is 2. The Hall–Kier alpha value is -2.40. The molecule has 2 aromatic rings. The number of nitrogens with zero attached hydrogens (tertiary/aromatic N) is 1. The van der Waals surface area contributed by atoms with Gasteiger partial charge in [0, 0.05) is 30.0 Å². The van der Waals surface area contributed by atoms with Crippen LogP contribution in [0.1, 0.15) is 18.4 Å². The number of carbonyl (C=O) groups excluding carboxylic acids is 1. The molecular formula is C18H19N3OS. The number of hydrogen-bond donors (Lipinski definition) is 2. The van der Waals surface area contributed by atoms with Crippen molar-refractivity contribution in [3.05, 3.63) is 54.1 Å². The summed E-state index contributed by atoms with van der Waals surface area (Å²) in [6.45, 7) is 2.83. The lowest BCUT2D eigenvalue weighted by molar-refractivity contribution is -0.117. The maximum atomic E-state index is 11.8. The number of thiocarbonyl (C=S) groups is 1. The quantitative estimate of drug-likeness (QED) is 0.839. The van der Waals surface area contributed by atoms with Crippen LogP contribution in [-0.4, -0.2) is 17.6 Å². The van der Waals surface area contributed by atoms with E-state index in [9.17, 15) is 4.79 Å². The first-order valence-electron chi connectivity index (χ1n) is 7.67. The number of amides is 1. The van der Waals surface area contributed by atoms with Crippen LogP contribution in [0.25, 0.3) is 0 Å². The highest BCUT2D eigenvalue weighted by Crippen LogP contribution is 2.24. The Labute approximate surface area is 141 Å². The van der Waals surface area contributed by atoms with Gasteiger partial charge in [0.05, 0.1) is 0 Å². The number of benzene rings is 2. The second-order valence-electron chi connectivity index (χ2n) is 5.64. The Kier molecular flexibility index (Phi) is 4.57. The van der Waals surface area contributed by atoms with Crippen LogP contribution in [0.15, 0.2) is 48.5 Å². The van der Waals surface area contributed by atoms with Crippen LogP contribution < -0.4 is 15.5 Å². The highest BCUT2D eigenvalue weighted by Gasteiger charge is 2.21. The topological polar surface area (TPSA) is 44.4 Å². The molecule has 0 aromatic heterocycles. The standard InChI is InChI=1S/C18H19N3OS/c1-13-7-9-14(10-8-13)19-18(23)20-15-4-2-5-16(12-15)21-11-3-6-17(21)22/h2,4-5,7-10,12H,3,6,11H2,1H3,(H2,19,20,23). The average Bonchev–Trinajstić information content (AvgIpc) is 2.96. The van der Waals surface area contributed by atoms with Gasteiger partial charge in [-0.15, -0.1) is 0 Å². The van der Waals surface area contributed by atoms with Gasteiger partial charge in [-0.05, 0) is 55.9 Å². The fourth-order valence-electron chi connectivity index (χ4n) is 2.60. The summed E-state index contributed by atoms with van der Waals surface area (Å²) in [6, 6.07) is 15.8. The van der Waals surface area contributed by atoms with Crippen molar-refractivity contribution in [2.45, 2.75) is 19.8 Å². The van der Waals surface area contributed by atoms with Crippen LogP contribution in [0.3, 0.4) is 0 Å². The predicted molar refractivity (Wildman–Crippen MR) is 99.1 cm³/mol. The molecular weight excluding hydrogens is 306 g/mol. The number of aryl methyl sites for hydroxylation is 1. The molecule has 118 valence electrons. The summed E-state index contributed by atoms with van der Waals surface area (Å²) in [4.78, 5) is 13.7. The molecule has 0 unspecified atom stereocenters. The minimum Gasteiger partial charge on any atom is -0.332 e. The zero-order valence-electron chi connectivity index (χ0n) is 13.0. The van der Waals surface area contributed by atoms with Crippen molar-refractivity contribution in [2.75, 3.05) is 22.1 Å². The first-order valence-corrected chi connectivity index (χ1v) is 8.08. The Morgan fingerprint density at radius 2 is 1.83 bits per heavy atom. The maximum Gasteiger partial charge on any atom is 0.227 e. The molecule has 3 rings (SSSR count). The molecule has 5 heteroatoms. The molecule has 1 aliphatic rings. The highest BCUT2D eigenvalue weighted by molar-refractivity contribution is 7.80. The van der Waals surface area contributed by atoms with E-state index in [2.05, 4.69) is 10.6 Å². The number of anilines is 3. The zero-order valence-corrected chi connectivity index (χ0v) is 13.8. The van der Waals surface area contributed by atoms with E-state index in [0.29, 0.717) is 11.5 Å². The SMILES string of the molecule is Cc1ccc(NC(=S)Nc2cccc(N3CCCC3=O)c2)cc1. The summed E-state index contributed by atoms with van der Waals surface area (Å²) in [5.41, 5.74) is 3.93. The van der Waals surface area contributed by atoms with Crippen LogP contribution in [0, 0.1) is 6.92 Å². The van der Waals surface area contributed by atoms with Crippen LogP contribution in [-0.2, 0) is 4.79 Å². The highest BCUT2D eigenvalue weighted by atomic mass is 32.1. The van der Waals surface area contributed by atoms with E-state index in [4.69, 9.17) is 12.2 Å². The molecule has 23 heavy (non-hydrogen) atoms. The van der Waals surface area contributed by atoms with Gasteiger partial charge < -0.3 is 15.5 Å². The zero-order chi connectivity index (χ0) is 16.2. The molecule has 1 saturated heterocycles. The molecule has 0 aliphatic carbocycles. The molecule has 0 saturated carbocycles. The monoisotopic (exact) mass is 325 g/mol. The predicted octanol–water partition coefficient (Wildman–Crippen LogP) is 3.93. The smallest absolute Gasteiger partial charge is 0.227 e. The number of rotatable bonds is 3. The normalized spacial score (nSPS) is 14.0. The first-order chi connectivity index (χ1) is 11.1. The fourth-order valence-corrected chi connectivity index (χ4v) is 2.84. The Balaban J connectivity index is 1.66. The summed E-state index contributed by atoms with van der Waals surface area (Å²) in [5.74, 6) is 0.183. The molecule has 2 aromatic carbocycles. The molecule has 1 aliphatic heterocycles. The van der Waals surface area contributed by atoms with Crippen LogP contribution >= 0.6 is 12.2 Å². The van der Waals surface area contributed by atoms with E-state index < -0.39 is 0 Å². The molecule has 2 N–H and O–H groups in total. The lowest BCUT2D eigenvalue weighted by Crippen LogP contribution is -2.24. The first kappa shape index (κ1) is 15.5. The van der Waals surface area contributed by atoms with Crippen molar-refractivity contribution in [3.63, 3.8) is 0 Å². The van der Waals surface area contributed by atoms with Gasteiger partial charge in [0.2, 0.25) is 5.91 Å². The Morgan fingerprint density at radius 3 is 2.52 bits per heavy atom. The lowest BCUT2D eigenvalue weighted by atomic mass is 10.2. The third-order valence-corrected chi connectivity index (χ3v) is 4.00. The molecule has 0 radical (unpaired) electrons. The van der Waals surface area contributed by atoms with Crippen molar-refractivity contribution in [1.82, 2.24) is 0 Å². The van der Waals surface area contributed by atoms with Crippen molar-refractivity contribution < 1.29 is 4.79 Å². The fraction of sp³-hybridized carbons (Fsp3) is 0.222. The van der Waals surface area contributed by atoms with E-state index in [1.54, 1.807) is 0 Å². The van der Waals surface area contributed by atoms with Crippen molar-refractivity contribution in [3.8, 4) is 0 Å². The van der Waals surface area contributed by atoms with Gasteiger partial charge in [-0.3, -0.25) is 4.79 Å².